The van der Waals surface area contributed by atoms with Gasteiger partial charge in [-0.25, -0.2) is 0 Å². The van der Waals surface area contributed by atoms with Crippen LogP contribution < -0.4 is 14.8 Å². The van der Waals surface area contributed by atoms with Crippen LogP contribution in [-0.2, 0) is 6.54 Å². The fourth-order valence-electron chi connectivity index (χ4n) is 2.35. The average Bonchev–Trinajstić information content (AvgIpc) is 2.48. The first kappa shape index (κ1) is 15.2. The molecular weight excluding hydrogens is 262 g/mol. The molecule has 3 nitrogen and oxygen atoms in total. The lowest BCUT2D eigenvalue weighted by Crippen LogP contribution is -2.04. The van der Waals surface area contributed by atoms with Gasteiger partial charge in [-0.2, -0.15) is 0 Å². The molecule has 0 aliphatic heterocycles. The number of benzene rings is 2. The van der Waals surface area contributed by atoms with Gasteiger partial charge in [0.25, 0.3) is 0 Å². The van der Waals surface area contributed by atoms with E-state index in [9.17, 15) is 0 Å². The van der Waals surface area contributed by atoms with Crippen molar-refractivity contribution < 1.29 is 9.47 Å². The molecule has 112 valence electrons. The van der Waals surface area contributed by atoms with Crippen LogP contribution in [0.2, 0.25) is 0 Å². The molecule has 0 aliphatic rings. The fraction of sp³-hybridized carbons (Fsp3) is 0.333. The molecule has 0 aliphatic carbocycles. The summed E-state index contributed by atoms with van der Waals surface area (Å²) in [5.41, 5.74) is 6.09. The van der Waals surface area contributed by atoms with Crippen LogP contribution in [0.5, 0.6) is 11.5 Å². The van der Waals surface area contributed by atoms with Crippen molar-refractivity contribution in [1.29, 1.82) is 0 Å². The van der Waals surface area contributed by atoms with Gasteiger partial charge in [-0.3, -0.25) is 0 Å². The second-order valence-corrected chi connectivity index (χ2v) is 5.31. The number of nitrogens with one attached hydrogen (secondary N) is 1. The van der Waals surface area contributed by atoms with E-state index in [2.05, 4.69) is 44.3 Å². The molecule has 0 aromatic heterocycles. The van der Waals surface area contributed by atoms with Crippen molar-refractivity contribution in [3.8, 4) is 11.5 Å². The number of ether oxygens (including phenoxy) is 2. The molecule has 0 atom stereocenters. The minimum absolute atomic E-state index is 0.742. The van der Waals surface area contributed by atoms with Gasteiger partial charge >= 0.3 is 0 Å². The predicted molar refractivity (Wildman–Crippen MR) is 87.5 cm³/mol. The Morgan fingerprint density at radius 2 is 1.52 bits per heavy atom. The summed E-state index contributed by atoms with van der Waals surface area (Å²) in [7, 11) is 3.31. The zero-order chi connectivity index (χ0) is 15.4. The maximum Gasteiger partial charge on any atom is 0.162 e. The van der Waals surface area contributed by atoms with Crippen LogP contribution in [0.4, 0.5) is 5.69 Å². The van der Waals surface area contributed by atoms with E-state index in [4.69, 9.17) is 9.47 Å². The molecule has 0 heterocycles. The predicted octanol–water partition coefficient (Wildman–Crippen LogP) is 4.24. The Hall–Kier alpha value is -2.16. The van der Waals surface area contributed by atoms with Crippen molar-refractivity contribution in [3.05, 3.63) is 52.6 Å². The number of rotatable bonds is 5. The Balaban J connectivity index is 2.21. The van der Waals surface area contributed by atoms with E-state index in [1.807, 2.05) is 12.1 Å². The molecule has 2 aromatic carbocycles. The molecule has 0 spiro atoms. The first-order valence-corrected chi connectivity index (χ1v) is 7.07. The molecule has 2 rings (SSSR count). The number of hydrogen-bond acceptors (Lipinski definition) is 3. The summed E-state index contributed by atoms with van der Waals surface area (Å²) in [4.78, 5) is 0. The molecule has 0 saturated carbocycles. The summed E-state index contributed by atoms with van der Waals surface area (Å²) < 4.78 is 10.7. The third kappa shape index (κ3) is 3.48. The lowest BCUT2D eigenvalue weighted by atomic mass is 10.1. The molecule has 0 unspecified atom stereocenters. The Labute approximate surface area is 126 Å². The molecule has 0 radical (unpaired) electrons. The Morgan fingerprint density at radius 1 is 0.857 bits per heavy atom. The summed E-state index contributed by atoms with van der Waals surface area (Å²) in [6.07, 6.45) is 0. The van der Waals surface area contributed by atoms with E-state index in [1.54, 1.807) is 14.2 Å². The van der Waals surface area contributed by atoms with Crippen LogP contribution in [0.1, 0.15) is 22.3 Å². The summed E-state index contributed by atoms with van der Waals surface area (Å²) >= 11 is 0. The smallest absolute Gasteiger partial charge is 0.162 e. The second kappa shape index (κ2) is 6.53. The quantitative estimate of drug-likeness (QED) is 0.891. The second-order valence-electron chi connectivity index (χ2n) is 5.31. The topological polar surface area (TPSA) is 30.5 Å². The molecule has 21 heavy (non-hydrogen) atoms. The first-order chi connectivity index (χ1) is 10.0. The van der Waals surface area contributed by atoms with E-state index in [0.29, 0.717) is 0 Å². The van der Waals surface area contributed by atoms with Crippen LogP contribution in [0.15, 0.2) is 30.3 Å². The van der Waals surface area contributed by atoms with Crippen LogP contribution >= 0.6 is 0 Å². The normalized spacial score (nSPS) is 10.3. The fourth-order valence-corrected chi connectivity index (χ4v) is 2.35. The number of methoxy groups -OCH3 is 2. The highest BCUT2D eigenvalue weighted by Crippen LogP contribution is 2.33. The third-order valence-electron chi connectivity index (χ3n) is 3.70. The highest BCUT2D eigenvalue weighted by atomic mass is 16.5. The van der Waals surface area contributed by atoms with Crippen LogP contribution in [0.25, 0.3) is 0 Å². The summed E-state index contributed by atoms with van der Waals surface area (Å²) in [5, 5.41) is 3.49. The molecule has 2 aromatic rings. The van der Waals surface area contributed by atoms with Crippen molar-refractivity contribution in [2.24, 2.45) is 0 Å². The van der Waals surface area contributed by atoms with Gasteiger partial charge in [-0.15, -0.1) is 0 Å². The van der Waals surface area contributed by atoms with Gasteiger partial charge in [-0.05, 0) is 43.5 Å². The zero-order valence-electron chi connectivity index (χ0n) is 13.4. The summed E-state index contributed by atoms with van der Waals surface area (Å²) in [6, 6.07) is 10.5. The monoisotopic (exact) mass is 285 g/mol. The highest BCUT2D eigenvalue weighted by Gasteiger charge is 2.08. The van der Waals surface area contributed by atoms with Gasteiger partial charge in [0.05, 0.1) is 14.2 Å². The zero-order valence-corrected chi connectivity index (χ0v) is 13.4. The van der Waals surface area contributed by atoms with E-state index < -0.39 is 0 Å². The van der Waals surface area contributed by atoms with E-state index >= 15 is 0 Å². The van der Waals surface area contributed by atoms with Gasteiger partial charge in [0, 0.05) is 18.3 Å². The van der Waals surface area contributed by atoms with Gasteiger partial charge in [-0.1, -0.05) is 23.8 Å². The maximum absolute atomic E-state index is 5.36. The van der Waals surface area contributed by atoms with Crippen molar-refractivity contribution in [2.45, 2.75) is 27.3 Å². The lowest BCUT2D eigenvalue weighted by Gasteiger charge is -2.15. The van der Waals surface area contributed by atoms with Crippen LogP contribution in [-0.4, -0.2) is 14.2 Å². The average molecular weight is 285 g/mol. The maximum atomic E-state index is 5.36. The van der Waals surface area contributed by atoms with Gasteiger partial charge in [0.15, 0.2) is 11.5 Å². The van der Waals surface area contributed by atoms with Crippen molar-refractivity contribution in [3.63, 3.8) is 0 Å². The van der Waals surface area contributed by atoms with Crippen molar-refractivity contribution >= 4 is 5.69 Å². The molecule has 0 saturated heterocycles. The lowest BCUT2D eigenvalue weighted by molar-refractivity contribution is 0.355. The summed E-state index contributed by atoms with van der Waals surface area (Å²) in [5.74, 6) is 1.50. The summed E-state index contributed by atoms with van der Waals surface area (Å²) in [6.45, 7) is 7.11. The number of anilines is 1. The Bertz CT molecular complexity index is 635. The van der Waals surface area contributed by atoms with Crippen molar-refractivity contribution in [1.82, 2.24) is 0 Å². The van der Waals surface area contributed by atoms with E-state index in [-0.39, 0.29) is 0 Å². The van der Waals surface area contributed by atoms with Gasteiger partial charge in [0.1, 0.15) is 0 Å². The number of hydrogen-bond donors (Lipinski definition) is 1. The minimum atomic E-state index is 0.742. The molecule has 1 N–H and O–H groups in total. The first-order valence-electron chi connectivity index (χ1n) is 7.07. The molecular formula is C18H23NO2. The third-order valence-corrected chi connectivity index (χ3v) is 3.70. The molecule has 3 heteroatoms. The molecule has 0 bridgehead atoms. The minimum Gasteiger partial charge on any atom is -0.493 e. The highest BCUT2D eigenvalue weighted by molar-refractivity contribution is 5.60. The van der Waals surface area contributed by atoms with Gasteiger partial charge < -0.3 is 14.8 Å². The van der Waals surface area contributed by atoms with E-state index in [0.717, 1.165) is 29.3 Å². The van der Waals surface area contributed by atoms with E-state index in [1.165, 1.54) is 16.7 Å². The van der Waals surface area contributed by atoms with Gasteiger partial charge in [0.2, 0.25) is 0 Å². The van der Waals surface area contributed by atoms with Crippen LogP contribution in [0.3, 0.4) is 0 Å². The largest absolute Gasteiger partial charge is 0.493 e. The Kier molecular flexibility index (Phi) is 4.73. The molecule has 0 amide bonds. The molecule has 0 fully saturated rings. The van der Waals surface area contributed by atoms with Crippen LogP contribution in [0, 0.1) is 20.8 Å². The van der Waals surface area contributed by atoms with Crippen molar-refractivity contribution in [2.75, 3.05) is 19.5 Å². The Morgan fingerprint density at radius 3 is 2.19 bits per heavy atom. The number of aryl methyl sites for hydroxylation is 3. The SMILES string of the molecule is COc1cc(C)c(NCc2cc(C)ccc2C)cc1OC. The standard InChI is InChI=1S/C18H23NO2/c1-12-6-7-13(2)15(8-12)11-19-16-10-18(21-5)17(20-4)9-14(16)3/h6-10,19H,11H2,1-5H3.